The number of benzene rings is 1. The fourth-order valence-electron chi connectivity index (χ4n) is 2.81. The van der Waals surface area contributed by atoms with E-state index in [1.165, 1.54) is 18.4 Å². The number of anilines is 1. The summed E-state index contributed by atoms with van der Waals surface area (Å²) in [5.41, 5.74) is 8.47. The van der Waals surface area contributed by atoms with Crippen molar-refractivity contribution >= 4 is 5.82 Å². The van der Waals surface area contributed by atoms with E-state index in [0.717, 1.165) is 24.4 Å². The van der Waals surface area contributed by atoms with E-state index in [2.05, 4.69) is 35.3 Å². The topological polar surface area (TPSA) is 51.8 Å². The zero-order valence-corrected chi connectivity index (χ0v) is 10.8. The number of nitrogens with two attached hydrogens (primary N) is 1. The molecule has 19 heavy (non-hydrogen) atoms. The smallest absolute Gasteiger partial charge is 0.141 e. The van der Waals surface area contributed by atoms with E-state index in [0.29, 0.717) is 11.7 Å². The number of rotatable bonds is 3. The van der Waals surface area contributed by atoms with E-state index in [9.17, 15) is 0 Å². The third kappa shape index (κ3) is 1.81. The first-order valence-corrected chi connectivity index (χ1v) is 6.98. The van der Waals surface area contributed by atoms with Gasteiger partial charge in [0.25, 0.3) is 0 Å². The predicted octanol–water partition coefficient (Wildman–Crippen LogP) is 3.02. The summed E-state index contributed by atoms with van der Waals surface area (Å²) in [4.78, 5) is 9.34. The maximum atomic E-state index is 5.98. The standard InChI is InChI=1S/C16H17N3/c17-14-10-13(11-6-7-11)18-15(19-14)16(8-9-16)12-4-2-1-3-5-12/h1-5,10-11H,6-9H2,(H2,17,18,19). The van der Waals surface area contributed by atoms with Crippen molar-refractivity contribution in [2.45, 2.75) is 37.0 Å². The van der Waals surface area contributed by atoms with Crippen LogP contribution in [0.4, 0.5) is 5.82 Å². The molecule has 1 heterocycles. The Morgan fingerprint density at radius 3 is 2.42 bits per heavy atom. The van der Waals surface area contributed by atoms with Crippen LogP contribution in [0.2, 0.25) is 0 Å². The first-order valence-electron chi connectivity index (χ1n) is 6.98. The molecule has 0 unspecified atom stereocenters. The average Bonchev–Trinajstić information content (AvgIpc) is 3.30. The molecule has 2 fully saturated rings. The van der Waals surface area contributed by atoms with Crippen molar-refractivity contribution in [3.63, 3.8) is 0 Å². The summed E-state index contributed by atoms with van der Waals surface area (Å²) in [5.74, 6) is 2.17. The molecule has 0 radical (unpaired) electrons. The lowest BCUT2D eigenvalue weighted by atomic mass is 9.95. The zero-order valence-electron chi connectivity index (χ0n) is 10.8. The second-order valence-corrected chi connectivity index (χ2v) is 5.76. The van der Waals surface area contributed by atoms with Crippen LogP contribution in [-0.2, 0) is 5.41 Å². The van der Waals surface area contributed by atoms with Gasteiger partial charge in [-0.25, -0.2) is 9.97 Å². The van der Waals surface area contributed by atoms with Crippen LogP contribution in [0.15, 0.2) is 36.4 Å². The lowest BCUT2D eigenvalue weighted by Gasteiger charge is -2.15. The quantitative estimate of drug-likeness (QED) is 0.912. The molecule has 4 rings (SSSR count). The van der Waals surface area contributed by atoms with Gasteiger partial charge >= 0.3 is 0 Å². The second-order valence-electron chi connectivity index (χ2n) is 5.76. The Labute approximate surface area is 112 Å². The van der Waals surface area contributed by atoms with Gasteiger partial charge in [0.1, 0.15) is 11.6 Å². The van der Waals surface area contributed by atoms with Gasteiger partial charge in [-0.3, -0.25) is 0 Å². The molecule has 3 nitrogen and oxygen atoms in total. The second kappa shape index (κ2) is 3.80. The van der Waals surface area contributed by atoms with Gasteiger partial charge in [-0.05, 0) is 31.2 Å². The minimum absolute atomic E-state index is 0.0281. The summed E-state index contributed by atoms with van der Waals surface area (Å²) in [6, 6.07) is 12.5. The van der Waals surface area contributed by atoms with E-state index < -0.39 is 0 Å². The van der Waals surface area contributed by atoms with Gasteiger partial charge in [0.15, 0.2) is 0 Å². The molecule has 2 aliphatic carbocycles. The van der Waals surface area contributed by atoms with Crippen LogP contribution < -0.4 is 5.73 Å². The fourth-order valence-corrected chi connectivity index (χ4v) is 2.81. The minimum Gasteiger partial charge on any atom is -0.384 e. The van der Waals surface area contributed by atoms with Gasteiger partial charge < -0.3 is 5.73 Å². The minimum atomic E-state index is 0.0281. The Kier molecular flexibility index (Phi) is 2.19. The molecule has 2 saturated carbocycles. The van der Waals surface area contributed by atoms with Gasteiger partial charge in [-0.1, -0.05) is 30.3 Å². The molecule has 2 aromatic rings. The lowest BCUT2D eigenvalue weighted by molar-refractivity contribution is 0.742. The molecule has 0 aliphatic heterocycles. The summed E-state index contributed by atoms with van der Waals surface area (Å²) >= 11 is 0. The number of hydrogen-bond acceptors (Lipinski definition) is 3. The maximum Gasteiger partial charge on any atom is 0.141 e. The largest absolute Gasteiger partial charge is 0.384 e. The van der Waals surface area contributed by atoms with Crippen LogP contribution in [-0.4, -0.2) is 9.97 Å². The van der Waals surface area contributed by atoms with Crippen LogP contribution in [0.25, 0.3) is 0 Å². The molecule has 1 aromatic carbocycles. The highest BCUT2D eigenvalue weighted by molar-refractivity contribution is 5.43. The molecule has 2 N–H and O–H groups in total. The van der Waals surface area contributed by atoms with E-state index in [1.54, 1.807) is 0 Å². The highest BCUT2D eigenvalue weighted by Gasteiger charge is 2.49. The Bertz CT molecular complexity index is 613. The monoisotopic (exact) mass is 251 g/mol. The molecular formula is C16H17N3. The molecule has 0 spiro atoms. The van der Waals surface area contributed by atoms with Crippen LogP contribution in [0.5, 0.6) is 0 Å². The summed E-state index contributed by atoms with van der Waals surface area (Å²) in [7, 11) is 0. The highest BCUT2D eigenvalue weighted by atomic mass is 15.0. The normalized spacial score (nSPS) is 20.2. The van der Waals surface area contributed by atoms with Gasteiger partial charge in [0.05, 0.1) is 5.41 Å². The molecular weight excluding hydrogens is 234 g/mol. The predicted molar refractivity (Wildman–Crippen MR) is 74.9 cm³/mol. The molecule has 0 bridgehead atoms. The fraction of sp³-hybridized carbons (Fsp3) is 0.375. The van der Waals surface area contributed by atoms with E-state index in [1.807, 2.05) is 6.07 Å². The number of nitrogen functional groups attached to an aromatic ring is 1. The van der Waals surface area contributed by atoms with Crippen molar-refractivity contribution in [2.75, 3.05) is 5.73 Å². The van der Waals surface area contributed by atoms with Crippen LogP contribution in [0.3, 0.4) is 0 Å². The van der Waals surface area contributed by atoms with Crippen molar-refractivity contribution in [2.24, 2.45) is 0 Å². The van der Waals surface area contributed by atoms with Gasteiger partial charge in [-0.2, -0.15) is 0 Å². The zero-order chi connectivity index (χ0) is 12.9. The SMILES string of the molecule is Nc1cc(C2CC2)nc(C2(c3ccccc3)CC2)n1. The summed E-state index contributed by atoms with van der Waals surface area (Å²) in [5, 5.41) is 0. The molecule has 96 valence electrons. The Morgan fingerprint density at radius 2 is 1.79 bits per heavy atom. The Hall–Kier alpha value is -1.90. The molecule has 3 heteroatoms. The summed E-state index contributed by atoms with van der Waals surface area (Å²) in [6.07, 6.45) is 4.75. The molecule has 0 atom stereocenters. The van der Waals surface area contributed by atoms with Gasteiger partial charge in [0, 0.05) is 17.7 Å². The van der Waals surface area contributed by atoms with Crippen molar-refractivity contribution in [3.05, 3.63) is 53.5 Å². The molecule has 0 saturated heterocycles. The van der Waals surface area contributed by atoms with Crippen molar-refractivity contribution < 1.29 is 0 Å². The van der Waals surface area contributed by atoms with Crippen molar-refractivity contribution in [3.8, 4) is 0 Å². The molecule has 2 aliphatic rings. The Morgan fingerprint density at radius 1 is 1.05 bits per heavy atom. The van der Waals surface area contributed by atoms with Crippen LogP contribution >= 0.6 is 0 Å². The van der Waals surface area contributed by atoms with Crippen molar-refractivity contribution in [1.29, 1.82) is 0 Å². The summed E-state index contributed by atoms with van der Waals surface area (Å²) in [6.45, 7) is 0. The Balaban J connectivity index is 1.80. The van der Waals surface area contributed by atoms with E-state index in [-0.39, 0.29) is 5.41 Å². The third-order valence-corrected chi connectivity index (χ3v) is 4.27. The van der Waals surface area contributed by atoms with Crippen LogP contribution in [0.1, 0.15) is 48.7 Å². The summed E-state index contributed by atoms with van der Waals surface area (Å²) < 4.78 is 0. The first kappa shape index (κ1) is 11.0. The van der Waals surface area contributed by atoms with E-state index >= 15 is 0 Å². The number of nitrogens with zero attached hydrogens (tertiary/aromatic N) is 2. The van der Waals surface area contributed by atoms with Gasteiger partial charge in [-0.15, -0.1) is 0 Å². The maximum absolute atomic E-state index is 5.98. The molecule has 1 aromatic heterocycles. The van der Waals surface area contributed by atoms with Gasteiger partial charge in [0.2, 0.25) is 0 Å². The van der Waals surface area contributed by atoms with E-state index in [4.69, 9.17) is 10.7 Å². The van der Waals surface area contributed by atoms with Crippen LogP contribution in [0, 0.1) is 0 Å². The lowest BCUT2D eigenvalue weighted by Crippen LogP contribution is -2.15. The number of hydrogen-bond donors (Lipinski definition) is 1. The first-order chi connectivity index (χ1) is 9.28. The molecule has 0 amide bonds. The third-order valence-electron chi connectivity index (χ3n) is 4.27. The van der Waals surface area contributed by atoms with Crippen molar-refractivity contribution in [1.82, 2.24) is 9.97 Å². The highest BCUT2D eigenvalue weighted by Crippen LogP contribution is 2.52. The number of aromatic nitrogens is 2. The average molecular weight is 251 g/mol.